The quantitative estimate of drug-likeness (QED) is 0.806. The third-order valence-electron chi connectivity index (χ3n) is 2.85. The van der Waals surface area contributed by atoms with Crippen molar-refractivity contribution in [2.24, 2.45) is 5.73 Å². The van der Waals surface area contributed by atoms with Gasteiger partial charge in [-0.2, -0.15) is 4.98 Å². The topological polar surface area (TPSA) is 78.1 Å². The van der Waals surface area contributed by atoms with Crippen molar-refractivity contribution in [1.82, 2.24) is 10.1 Å². The van der Waals surface area contributed by atoms with E-state index in [1.54, 1.807) is 18.4 Å². The summed E-state index contributed by atoms with van der Waals surface area (Å²) in [5.41, 5.74) is 5.69. The lowest BCUT2D eigenvalue weighted by atomic mass is 9.77. The number of nitrogens with zero attached hydrogens (tertiary/aromatic N) is 2. The third kappa shape index (κ3) is 1.27. The van der Waals surface area contributed by atoms with Crippen LogP contribution in [0, 0.1) is 0 Å². The van der Waals surface area contributed by atoms with Crippen molar-refractivity contribution < 1.29 is 8.94 Å². The molecule has 3 rings (SSSR count). The van der Waals surface area contributed by atoms with Crippen molar-refractivity contribution in [2.45, 2.75) is 24.8 Å². The summed E-state index contributed by atoms with van der Waals surface area (Å²) in [4.78, 5) is 4.25. The Morgan fingerprint density at radius 1 is 1.40 bits per heavy atom. The summed E-state index contributed by atoms with van der Waals surface area (Å²) < 4.78 is 10.3. The number of nitrogens with two attached hydrogens (primary N) is 1. The Balaban J connectivity index is 1.94. The molecule has 2 heterocycles. The summed E-state index contributed by atoms with van der Waals surface area (Å²) in [5.74, 6) is 1.56. The van der Waals surface area contributed by atoms with Crippen molar-refractivity contribution in [3.05, 3.63) is 24.2 Å². The standard InChI is InChI=1S/C10H11N3O2/c11-10(4-2-5-10)9-12-8(15-13-9)7-3-1-6-14-7/h1,3,6H,2,4-5,11H2. The van der Waals surface area contributed by atoms with Crippen molar-refractivity contribution in [1.29, 1.82) is 0 Å². The molecule has 2 aromatic rings. The molecule has 1 saturated carbocycles. The summed E-state index contributed by atoms with van der Waals surface area (Å²) in [6.07, 6.45) is 4.54. The Kier molecular flexibility index (Phi) is 1.70. The summed E-state index contributed by atoms with van der Waals surface area (Å²) in [6, 6.07) is 3.56. The first-order chi connectivity index (χ1) is 7.28. The SMILES string of the molecule is NC1(c2noc(-c3ccco3)n2)CCC1. The van der Waals surface area contributed by atoms with Gasteiger partial charge < -0.3 is 14.7 Å². The Hall–Kier alpha value is -1.62. The smallest absolute Gasteiger partial charge is 0.293 e. The lowest BCUT2D eigenvalue weighted by Gasteiger charge is -2.34. The zero-order valence-corrected chi connectivity index (χ0v) is 8.14. The maximum absolute atomic E-state index is 6.08. The maximum Gasteiger partial charge on any atom is 0.293 e. The second-order valence-electron chi connectivity index (χ2n) is 3.91. The first kappa shape index (κ1) is 8.67. The zero-order chi connectivity index (χ0) is 10.3. The van der Waals surface area contributed by atoms with E-state index >= 15 is 0 Å². The van der Waals surface area contributed by atoms with E-state index in [0.29, 0.717) is 17.5 Å². The molecule has 1 aliphatic carbocycles. The van der Waals surface area contributed by atoms with Gasteiger partial charge in [-0.15, -0.1) is 0 Å². The van der Waals surface area contributed by atoms with Gasteiger partial charge in [-0.3, -0.25) is 0 Å². The van der Waals surface area contributed by atoms with Crippen molar-refractivity contribution in [3.63, 3.8) is 0 Å². The molecule has 1 aliphatic rings. The monoisotopic (exact) mass is 205 g/mol. The van der Waals surface area contributed by atoms with Gasteiger partial charge in [0.15, 0.2) is 11.6 Å². The molecule has 0 amide bonds. The second kappa shape index (κ2) is 2.93. The zero-order valence-electron chi connectivity index (χ0n) is 8.14. The number of aromatic nitrogens is 2. The van der Waals surface area contributed by atoms with Crippen LogP contribution in [-0.4, -0.2) is 10.1 Å². The van der Waals surface area contributed by atoms with E-state index < -0.39 is 0 Å². The molecule has 2 N–H and O–H groups in total. The van der Waals surface area contributed by atoms with Gasteiger partial charge >= 0.3 is 0 Å². The highest BCUT2D eigenvalue weighted by Crippen LogP contribution is 2.37. The van der Waals surface area contributed by atoms with Crippen molar-refractivity contribution >= 4 is 0 Å². The molecule has 0 unspecified atom stereocenters. The maximum atomic E-state index is 6.08. The van der Waals surface area contributed by atoms with Gasteiger partial charge in [0.1, 0.15) is 0 Å². The van der Waals surface area contributed by atoms with Crippen LogP contribution in [-0.2, 0) is 5.54 Å². The van der Waals surface area contributed by atoms with E-state index in [1.807, 2.05) is 0 Å². The van der Waals surface area contributed by atoms with Crippen LogP contribution in [0.1, 0.15) is 25.1 Å². The Morgan fingerprint density at radius 2 is 2.27 bits per heavy atom. The molecule has 0 aromatic carbocycles. The van der Waals surface area contributed by atoms with E-state index in [1.165, 1.54) is 0 Å². The summed E-state index contributed by atoms with van der Waals surface area (Å²) in [6.45, 7) is 0. The first-order valence-electron chi connectivity index (χ1n) is 4.95. The van der Waals surface area contributed by atoms with E-state index in [9.17, 15) is 0 Å². The van der Waals surface area contributed by atoms with Gasteiger partial charge in [0.25, 0.3) is 5.89 Å². The van der Waals surface area contributed by atoms with E-state index in [2.05, 4.69) is 10.1 Å². The lowest BCUT2D eigenvalue weighted by molar-refractivity contribution is 0.229. The second-order valence-corrected chi connectivity index (χ2v) is 3.91. The van der Waals surface area contributed by atoms with Crippen LogP contribution < -0.4 is 5.73 Å². The molecular weight excluding hydrogens is 194 g/mol. The molecule has 0 aliphatic heterocycles. The van der Waals surface area contributed by atoms with Crippen LogP contribution in [0.4, 0.5) is 0 Å². The van der Waals surface area contributed by atoms with Crippen molar-refractivity contribution in [3.8, 4) is 11.7 Å². The summed E-state index contributed by atoms with van der Waals surface area (Å²) in [7, 11) is 0. The molecular formula is C10H11N3O2. The van der Waals surface area contributed by atoms with Gasteiger partial charge in [0, 0.05) is 0 Å². The molecule has 78 valence electrons. The van der Waals surface area contributed by atoms with Gasteiger partial charge in [-0.1, -0.05) is 5.16 Å². The molecule has 0 radical (unpaired) electrons. The molecule has 5 heteroatoms. The molecule has 0 spiro atoms. The Bertz CT molecular complexity index is 457. The fraction of sp³-hybridized carbons (Fsp3) is 0.400. The van der Waals surface area contributed by atoms with Crippen LogP contribution >= 0.6 is 0 Å². The molecule has 1 fully saturated rings. The highest BCUT2D eigenvalue weighted by molar-refractivity contribution is 5.43. The predicted octanol–water partition coefficient (Wildman–Crippen LogP) is 1.67. The normalized spacial score (nSPS) is 18.7. The van der Waals surface area contributed by atoms with Crippen LogP contribution in [0.15, 0.2) is 27.3 Å². The number of hydrogen-bond donors (Lipinski definition) is 1. The van der Waals surface area contributed by atoms with Crippen LogP contribution in [0.25, 0.3) is 11.7 Å². The predicted molar refractivity (Wildman–Crippen MR) is 51.7 cm³/mol. The lowest BCUT2D eigenvalue weighted by Crippen LogP contribution is -2.44. The van der Waals surface area contributed by atoms with Crippen LogP contribution in [0.5, 0.6) is 0 Å². The number of hydrogen-bond acceptors (Lipinski definition) is 5. The summed E-state index contributed by atoms with van der Waals surface area (Å²) in [5, 5.41) is 3.89. The average molecular weight is 205 g/mol. The minimum atomic E-state index is -0.381. The average Bonchev–Trinajstić information content (AvgIpc) is 2.84. The van der Waals surface area contributed by atoms with Gasteiger partial charge in [0.05, 0.1) is 11.8 Å². The Morgan fingerprint density at radius 3 is 2.87 bits per heavy atom. The molecule has 5 nitrogen and oxygen atoms in total. The third-order valence-corrected chi connectivity index (χ3v) is 2.85. The molecule has 15 heavy (non-hydrogen) atoms. The van der Waals surface area contributed by atoms with Gasteiger partial charge in [-0.05, 0) is 31.4 Å². The number of rotatable bonds is 2. The summed E-state index contributed by atoms with van der Waals surface area (Å²) >= 11 is 0. The number of furan rings is 1. The fourth-order valence-electron chi connectivity index (χ4n) is 1.71. The highest BCUT2D eigenvalue weighted by Gasteiger charge is 2.39. The van der Waals surface area contributed by atoms with Crippen LogP contribution in [0.3, 0.4) is 0 Å². The van der Waals surface area contributed by atoms with E-state index in [0.717, 1.165) is 19.3 Å². The molecule has 0 atom stereocenters. The largest absolute Gasteiger partial charge is 0.459 e. The molecule has 0 saturated heterocycles. The van der Waals surface area contributed by atoms with E-state index in [-0.39, 0.29) is 5.54 Å². The minimum Gasteiger partial charge on any atom is -0.459 e. The van der Waals surface area contributed by atoms with Crippen LogP contribution in [0.2, 0.25) is 0 Å². The molecule has 0 bridgehead atoms. The molecule has 2 aromatic heterocycles. The van der Waals surface area contributed by atoms with Gasteiger partial charge in [0.2, 0.25) is 0 Å². The highest BCUT2D eigenvalue weighted by atomic mass is 16.5. The first-order valence-corrected chi connectivity index (χ1v) is 4.95. The van der Waals surface area contributed by atoms with Crippen molar-refractivity contribution in [2.75, 3.05) is 0 Å². The van der Waals surface area contributed by atoms with Gasteiger partial charge in [-0.25, -0.2) is 0 Å². The minimum absolute atomic E-state index is 0.381. The van der Waals surface area contributed by atoms with E-state index in [4.69, 9.17) is 14.7 Å². The fourth-order valence-corrected chi connectivity index (χ4v) is 1.71. The Labute approximate surface area is 86.3 Å².